The molecule has 0 fully saturated rings. The SMILES string of the molecule is C=CC(=O)Nc1ccc(-c2c(-c3ccc(Oc4cccc(C)n4)c(OC)c3)c3c(N)ncnc3n2C)cc1. The number of hydrogen-bond acceptors (Lipinski definition) is 7. The second-order valence-corrected chi connectivity index (χ2v) is 8.60. The molecule has 9 nitrogen and oxygen atoms in total. The summed E-state index contributed by atoms with van der Waals surface area (Å²) in [6, 6.07) is 18.8. The number of anilines is 2. The predicted molar refractivity (Wildman–Crippen MR) is 148 cm³/mol. The number of nitrogens with two attached hydrogens (primary N) is 1. The Morgan fingerprint density at radius 2 is 1.82 bits per heavy atom. The molecule has 0 radical (unpaired) electrons. The molecule has 0 aliphatic rings. The largest absolute Gasteiger partial charge is 0.493 e. The Morgan fingerprint density at radius 3 is 2.53 bits per heavy atom. The molecule has 190 valence electrons. The van der Waals surface area contributed by atoms with Crippen molar-refractivity contribution in [1.82, 2.24) is 19.5 Å². The van der Waals surface area contributed by atoms with Crippen molar-refractivity contribution >= 4 is 28.4 Å². The van der Waals surface area contributed by atoms with Crippen molar-refractivity contribution in [3.05, 3.63) is 85.3 Å². The number of carbonyl (C=O) groups is 1. The number of nitrogen functional groups attached to an aromatic ring is 1. The van der Waals surface area contributed by atoms with Crippen molar-refractivity contribution in [3.63, 3.8) is 0 Å². The molecule has 3 N–H and O–H groups in total. The molecule has 0 bridgehead atoms. The fourth-order valence-electron chi connectivity index (χ4n) is 4.39. The van der Waals surface area contributed by atoms with E-state index in [1.165, 1.54) is 12.4 Å². The summed E-state index contributed by atoms with van der Waals surface area (Å²) in [6.45, 7) is 5.40. The van der Waals surface area contributed by atoms with Crippen LogP contribution in [0.2, 0.25) is 0 Å². The van der Waals surface area contributed by atoms with Gasteiger partial charge in [0, 0.05) is 30.1 Å². The number of ether oxygens (including phenoxy) is 2. The Kier molecular flexibility index (Phi) is 6.49. The molecule has 0 unspecified atom stereocenters. The van der Waals surface area contributed by atoms with Gasteiger partial charge in [0.25, 0.3) is 0 Å². The normalized spacial score (nSPS) is 10.8. The van der Waals surface area contributed by atoms with Crippen LogP contribution in [0.25, 0.3) is 33.4 Å². The van der Waals surface area contributed by atoms with E-state index < -0.39 is 0 Å². The van der Waals surface area contributed by atoms with E-state index in [-0.39, 0.29) is 5.91 Å². The van der Waals surface area contributed by atoms with Crippen LogP contribution in [0.1, 0.15) is 5.69 Å². The maximum Gasteiger partial charge on any atom is 0.247 e. The first-order valence-electron chi connectivity index (χ1n) is 11.8. The lowest BCUT2D eigenvalue weighted by molar-refractivity contribution is -0.111. The third-order valence-corrected chi connectivity index (χ3v) is 6.14. The molecule has 0 aliphatic carbocycles. The lowest BCUT2D eigenvalue weighted by Crippen LogP contribution is -2.06. The number of nitrogens with zero attached hydrogens (tertiary/aromatic N) is 4. The highest BCUT2D eigenvalue weighted by Gasteiger charge is 2.23. The molecule has 5 rings (SSSR count). The third-order valence-electron chi connectivity index (χ3n) is 6.14. The summed E-state index contributed by atoms with van der Waals surface area (Å²) in [6.07, 6.45) is 2.68. The second kappa shape index (κ2) is 10.1. The van der Waals surface area contributed by atoms with Crippen LogP contribution in [0, 0.1) is 6.92 Å². The van der Waals surface area contributed by atoms with Gasteiger partial charge in [-0.3, -0.25) is 4.79 Å². The number of aromatic nitrogens is 4. The predicted octanol–water partition coefficient (Wildman–Crippen LogP) is 5.51. The monoisotopic (exact) mass is 506 g/mol. The van der Waals surface area contributed by atoms with Gasteiger partial charge in [-0.1, -0.05) is 30.8 Å². The van der Waals surface area contributed by atoms with Crippen LogP contribution < -0.4 is 20.5 Å². The highest BCUT2D eigenvalue weighted by atomic mass is 16.5. The first kappa shape index (κ1) is 24.5. The molecule has 3 heterocycles. The van der Waals surface area contributed by atoms with E-state index in [1.807, 2.05) is 73.1 Å². The van der Waals surface area contributed by atoms with E-state index >= 15 is 0 Å². The van der Waals surface area contributed by atoms with E-state index in [0.29, 0.717) is 34.5 Å². The first-order valence-corrected chi connectivity index (χ1v) is 11.8. The molecule has 38 heavy (non-hydrogen) atoms. The van der Waals surface area contributed by atoms with Gasteiger partial charge in [-0.25, -0.2) is 15.0 Å². The van der Waals surface area contributed by atoms with Crippen molar-refractivity contribution in [2.24, 2.45) is 7.05 Å². The molecule has 5 aromatic rings. The molecule has 9 heteroatoms. The molecular weight excluding hydrogens is 480 g/mol. The Bertz CT molecular complexity index is 1670. The van der Waals surface area contributed by atoms with E-state index in [1.54, 1.807) is 13.2 Å². The lowest BCUT2D eigenvalue weighted by atomic mass is 9.98. The molecule has 2 aromatic carbocycles. The number of rotatable bonds is 7. The summed E-state index contributed by atoms with van der Waals surface area (Å²) >= 11 is 0. The fourth-order valence-corrected chi connectivity index (χ4v) is 4.39. The summed E-state index contributed by atoms with van der Waals surface area (Å²) in [7, 11) is 3.52. The number of hydrogen-bond donors (Lipinski definition) is 2. The zero-order chi connectivity index (χ0) is 26.8. The Hall–Kier alpha value is -5.18. The van der Waals surface area contributed by atoms with E-state index in [4.69, 9.17) is 15.2 Å². The van der Waals surface area contributed by atoms with E-state index in [9.17, 15) is 4.79 Å². The molecule has 0 atom stereocenters. The standard InChI is InChI=1S/C29H26N6O3/c1-5-23(36)34-20-12-9-18(10-13-20)27-25(26-28(30)31-16-32-29(26)35(27)3)19-11-14-21(22(15-19)37-4)38-24-8-6-7-17(2)33-24/h5-16H,1H2,2-4H3,(H,34,36)(H2,30,31,32). The summed E-state index contributed by atoms with van der Waals surface area (Å²) in [5, 5.41) is 3.50. The molecule has 0 saturated heterocycles. The van der Waals surface area contributed by atoms with Gasteiger partial charge in [0.15, 0.2) is 11.5 Å². The molecule has 0 saturated carbocycles. The zero-order valence-electron chi connectivity index (χ0n) is 21.2. The highest BCUT2D eigenvalue weighted by Crippen LogP contribution is 2.44. The smallest absolute Gasteiger partial charge is 0.247 e. The van der Waals surface area contributed by atoms with Crippen LogP contribution in [0.5, 0.6) is 17.4 Å². The minimum Gasteiger partial charge on any atom is -0.493 e. The van der Waals surface area contributed by atoms with E-state index in [0.717, 1.165) is 33.5 Å². The fraction of sp³-hybridized carbons (Fsp3) is 0.103. The van der Waals surface area contributed by atoms with E-state index in [2.05, 4.69) is 26.8 Å². The maximum atomic E-state index is 11.7. The minimum absolute atomic E-state index is 0.277. The van der Waals surface area contributed by atoms with Crippen LogP contribution in [-0.2, 0) is 11.8 Å². The van der Waals surface area contributed by atoms with Gasteiger partial charge in [-0.2, -0.15) is 0 Å². The van der Waals surface area contributed by atoms with Crippen LogP contribution in [0.3, 0.4) is 0 Å². The van der Waals surface area contributed by atoms with Gasteiger partial charge in [-0.05, 0) is 54.5 Å². The first-order chi connectivity index (χ1) is 18.4. The van der Waals surface area contributed by atoms with Gasteiger partial charge < -0.3 is 25.1 Å². The van der Waals surface area contributed by atoms with Crippen LogP contribution in [-0.4, -0.2) is 32.5 Å². The van der Waals surface area contributed by atoms with Crippen molar-refractivity contribution in [1.29, 1.82) is 0 Å². The summed E-state index contributed by atoms with van der Waals surface area (Å²) in [4.78, 5) is 24.9. The van der Waals surface area contributed by atoms with Gasteiger partial charge in [0.05, 0.1) is 18.2 Å². The quantitative estimate of drug-likeness (QED) is 0.279. The lowest BCUT2D eigenvalue weighted by Gasteiger charge is -2.14. The molecular formula is C29H26N6O3. The number of aryl methyl sites for hydroxylation is 2. The molecule has 1 amide bonds. The number of pyridine rings is 1. The Labute approximate surface area is 219 Å². The minimum atomic E-state index is -0.277. The highest BCUT2D eigenvalue weighted by molar-refractivity contribution is 6.08. The summed E-state index contributed by atoms with van der Waals surface area (Å²) in [5.74, 6) is 1.63. The van der Waals surface area contributed by atoms with Crippen LogP contribution in [0.15, 0.2) is 79.6 Å². The number of carbonyl (C=O) groups excluding carboxylic acids is 1. The number of fused-ring (bicyclic) bond motifs is 1. The topological polar surface area (TPSA) is 117 Å². The number of methoxy groups -OCH3 is 1. The van der Waals surface area contributed by atoms with Crippen molar-refractivity contribution < 1.29 is 14.3 Å². The van der Waals surface area contributed by atoms with Crippen LogP contribution in [0.4, 0.5) is 11.5 Å². The average Bonchev–Trinajstić information content (AvgIpc) is 3.22. The number of benzene rings is 2. The molecule has 0 spiro atoms. The van der Waals surface area contributed by atoms with Crippen molar-refractivity contribution in [3.8, 4) is 39.8 Å². The second-order valence-electron chi connectivity index (χ2n) is 8.60. The van der Waals surface area contributed by atoms with Crippen molar-refractivity contribution in [2.75, 3.05) is 18.2 Å². The average molecular weight is 507 g/mol. The van der Waals surface area contributed by atoms with Crippen LogP contribution >= 0.6 is 0 Å². The van der Waals surface area contributed by atoms with Gasteiger partial charge in [-0.15, -0.1) is 0 Å². The number of amides is 1. The summed E-state index contributed by atoms with van der Waals surface area (Å²) < 4.78 is 13.7. The molecule has 0 aliphatic heterocycles. The Morgan fingerprint density at radius 1 is 1.05 bits per heavy atom. The summed E-state index contributed by atoms with van der Waals surface area (Å²) in [5.41, 5.74) is 12.1. The van der Waals surface area contributed by atoms with Gasteiger partial charge in [0.1, 0.15) is 17.8 Å². The zero-order valence-corrected chi connectivity index (χ0v) is 21.2. The van der Waals surface area contributed by atoms with Crippen molar-refractivity contribution in [2.45, 2.75) is 6.92 Å². The maximum absolute atomic E-state index is 11.7. The van der Waals surface area contributed by atoms with Gasteiger partial charge in [0.2, 0.25) is 11.8 Å². The van der Waals surface area contributed by atoms with Gasteiger partial charge >= 0.3 is 0 Å². The third kappa shape index (κ3) is 4.53. The number of nitrogens with one attached hydrogen (secondary N) is 1. The Balaban J connectivity index is 1.65. The molecule has 3 aromatic heterocycles.